The molecule has 0 saturated carbocycles. The second-order valence-electron chi connectivity index (χ2n) is 6.58. The molecule has 0 N–H and O–H groups in total. The van der Waals surface area contributed by atoms with Gasteiger partial charge in [0.25, 0.3) is 5.91 Å². The number of nitrogens with zero attached hydrogens (tertiary/aromatic N) is 3. The second-order valence-corrected chi connectivity index (χ2v) is 6.58. The molecule has 4 nitrogen and oxygen atoms in total. The largest absolute Gasteiger partial charge is 0.336 e. The Morgan fingerprint density at radius 2 is 2.00 bits per heavy atom. The van der Waals surface area contributed by atoms with Crippen LogP contribution in [0.4, 0.5) is 4.39 Å². The minimum atomic E-state index is -0.297. The maximum Gasteiger partial charge on any atom is 0.272 e. The maximum absolute atomic E-state index is 13.2. The van der Waals surface area contributed by atoms with Gasteiger partial charge in [-0.05, 0) is 23.8 Å². The van der Waals surface area contributed by atoms with E-state index in [1.807, 2.05) is 6.07 Å². The summed E-state index contributed by atoms with van der Waals surface area (Å²) in [5, 5.41) is 4.42. The summed E-state index contributed by atoms with van der Waals surface area (Å²) < 4.78 is 14.8. The molecule has 5 heteroatoms. The summed E-state index contributed by atoms with van der Waals surface area (Å²) in [5.41, 5.74) is 2.05. The molecule has 118 valence electrons. The minimum absolute atomic E-state index is 0.114. The second kappa shape index (κ2) is 5.91. The Morgan fingerprint density at radius 1 is 1.32 bits per heavy atom. The van der Waals surface area contributed by atoms with Crippen molar-refractivity contribution in [3.05, 3.63) is 53.1 Å². The number of carbonyl (C=O) groups excluding carboxylic acids is 1. The quantitative estimate of drug-likeness (QED) is 0.873. The van der Waals surface area contributed by atoms with Gasteiger partial charge in [-0.3, -0.25) is 9.48 Å². The van der Waals surface area contributed by atoms with Crippen LogP contribution >= 0.6 is 0 Å². The average molecular weight is 303 g/mol. The molecule has 0 radical (unpaired) electrons. The summed E-state index contributed by atoms with van der Waals surface area (Å²) >= 11 is 0. The summed E-state index contributed by atoms with van der Waals surface area (Å²) in [5.74, 6) is -0.427. The lowest BCUT2D eigenvalue weighted by molar-refractivity contribution is 0.0774. The Kier molecular flexibility index (Phi) is 4.35. The van der Waals surface area contributed by atoms with E-state index in [1.54, 1.807) is 35.8 Å². The number of aryl methyl sites for hydroxylation is 1. The molecule has 0 aliphatic heterocycles. The molecule has 0 aliphatic carbocycles. The van der Waals surface area contributed by atoms with E-state index in [2.05, 4.69) is 25.9 Å². The fourth-order valence-corrected chi connectivity index (χ4v) is 2.21. The average Bonchev–Trinajstić information content (AvgIpc) is 2.80. The third-order valence-corrected chi connectivity index (χ3v) is 3.52. The van der Waals surface area contributed by atoms with Crippen LogP contribution < -0.4 is 0 Å². The lowest BCUT2D eigenvalue weighted by Crippen LogP contribution is -2.28. The molecular weight excluding hydrogens is 281 g/mol. The molecule has 0 aliphatic rings. The van der Waals surface area contributed by atoms with Crippen LogP contribution in [0.3, 0.4) is 0 Å². The zero-order chi connectivity index (χ0) is 16.5. The number of amides is 1. The van der Waals surface area contributed by atoms with Gasteiger partial charge < -0.3 is 4.90 Å². The van der Waals surface area contributed by atoms with Crippen molar-refractivity contribution in [1.29, 1.82) is 0 Å². The van der Waals surface area contributed by atoms with Crippen molar-refractivity contribution < 1.29 is 9.18 Å². The van der Waals surface area contributed by atoms with Crippen LogP contribution in [-0.4, -0.2) is 27.6 Å². The van der Waals surface area contributed by atoms with Gasteiger partial charge in [0, 0.05) is 26.1 Å². The van der Waals surface area contributed by atoms with Crippen LogP contribution in [0.2, 0.25) is 0 Å². The SMILES string of the molecule is CN(Cc1cccc(F)c1)C(=O)c1cc(C(C)(C)C)nn1C. The van der Waals surface area contributed by atoms with E-state index in [0.717, 1.165) is 11.3 Å². The number of benzene rings is 1. The first-order valence-corrected chi connectivity index (χ1v) is 7.23. The van der Waals surface area contributed by atoms with Crippen molar-refractivity contribution in [1.82, 2.24) is 14.7 Å². The smallest absolute Gasteiger partial charge is 0.272 e. The van der Waals surface area contributed by atoms with Gasteiger partial charge in [0.15, 0.2) is 0 Å². The predicted molar refractivity (Wildman–Crippen MR) is 84.1 cm³/mol. The van der Waals surface area contributed by atoms with E-state index < -0.39 is 0 Å². The highest BCUT2D eigenvalue weighted by Crippen LogP contribution is 2.22. The molecule has 2 aromatic rings. The van der Waals surface area contributed by atoms with Crippen LogP contribution in [0.15, 0.2) is 30.3 Å². The van der Waals surface area contributed by atoms with E-state index in [0.29, 0.717) is 12.2 Å². The van der Waals surface area contributed by atoms with Crippen molar-refractivity contribution in [3.8, 4) is 0 Å². The van der Waals surface area contributed by atoms with Crippen molar-refractivity contribution in [2.45, 2.75) is 32.7 Å². The van der Waals surface area contributed by atoms with E-state index in [1.165, 1.54) is 12.1 Å². The third-order valence-electron chi connectivity index (χ3n) is 3.52. The number of halogens is 1. The van der Waals surface area contributed by atoms with E-state index in [-0.39, 0.29) is 17.1 Å². The van der Waals surface area contributed by atoms with Gasteiger partial charge >= 0.3 is 0 Å². The molecular formula is C17H22FN3O. The van der Waals surface area contributed by atoms with Gasteiger partial charge in [-0.25, -0.2) is 4.39 Å². The molecule has 22 heavy (non-hydrogen) atoms. The van der Waals surface area contributed by atoms with Gasteiger partial charge in [0.05, 0.1) is 5.69 Å². The Bertz CT molecular complexity index is 685. The highest BCUT2D eigenvalue weighted by molar-refractivity contribution is 5.92. The molecule has 0 bridgehead atoms. The molecule has 0 atom stereocenters. The molecule has 1 aromatic heterocycles. The number of carbonyl (C=O) groups is 1. The summed E-state index contributed by atoms with van der Waals surface area (Å²) in [4.78, 5) is 14.1. The topological polar surface area (TPSA) is 38.1 Å². The molecule has 1 aromatic carbocycles. The monoisotopic (exact) mass is 303 g/mol. The van der Waals surface area contributed by atoms with E-state index >= 15 is 0 Å². The van der Waals surface area contributed by atoms with Crippen LogP contribution in [0.1, 0.15) is 42.5 Å². The summed E-state index contributed by atoms with van der Waals surface area (Å²) in [6.07, 6.45) is 0. The molecule has 1 amide bonds. The van der Waals surface area contributed by atoms with Gasteiger partial charge in [-0.1, -0.05) is 32.9 Å². The minimum Gasteiger partial charge on any atom is -0.336 e. The van der Waals surface area contributed by atoms with Crippen LogP contribution in [0, 0.1) is 5.82 Å². The van der Waals surface area contributed by atoms with Crippen molar-refractivity contribution >= 4 is 5.91 Å². The number of hydrogen-bond donors (Lipinski definition) is 0. The molecule has 0 fully saturated rings. The van der Waals surface area contributed by atoms with Crippen molar-refractivity contribution in [3.63, 3.8) is 0 Å². The first-order valence-electron chi connectivity index (χ1n) is 7.23. The van der Waals surface area contributed by atoms with Crippen LogP contribution in [0.5, 0.6) is 0 Å². The molecule has 1 heterocycles. The molecule has 2 rings (SSSR count). The molecule has 0 saturated heterocycles. The maximum atomic E-state index is 13.2. The molecule has 0 spiro atoms. The lowest BCUT2D eigenvalue weighted by Gasteiger charge is -2.17. The third kappa shape index (κ3) is 3.53. The predicted octanol–water partition coefficient (Wildman–Crippen LogP) is 3.13. The Hall–Kier alpha value is -2.17. The number of rotatable bonds is 3. The van der Waals surface area contributed by atoms with Gasteiger partial charge in [0.1, 0.15) is 11.5 Å². The summed E-state index contributed by atoms with van der Waals surface area (Å²) in [7, 11) is 3.47. The van der Waals surface area contributed by atoms with Crippen LogP contribution in [-0.2, 0) is 19.0 Å². The fraction of sp³-hybridized carbons (Fsp3) is 0.412. The Balaban J connectivity index is 2.19. The lowest BCUT2D eigenvalue weighted by atomic mass is 9.92. The Morgan fingerprint density at radius 3 is 2.55 bits per heavy atom. The zero-order valence-electron chi connectivity index (χ0n) is 13.7. The Labute approximate surface area is 130 Å². The molecule has 0 unspecified atom stereocenters. The first-order chi connectivity index (χ1) is 10.2. The van der Waals surface area contributed by atoms with Gasteiger partial charge in [-0.15, -0.1) is 0 Å². The van der Waals surface area contributed by atoms with Gasteiger partial charge in [-0.2, -0.15) is 5.10 Å². The van der Waals surface area contributed by atoms with Crippen LogP contribution in [0.25, 0.3) is 0 Å². The van der Waals surface area contributed by atoms with Crippen molar-refractivity contribution in [2.75, 3.05) is 7.05 Å². The van der Waals surface area contributed by atoms with E-state index in [4.69, 9.17) is 0 Å². The number of hydrogen-bond acceptors (Lipinski definition) is 2. The zero-order valence-corrected chi connectivity index (χ0v) is 13.7. The fourth-order valence-electron chi connectivity index (χ4n) is 2.21. The normalized spacial score (nSPS) is 11.5. The van der Waals surface area contributed by atoms with E-state index in [9.17, 15) is 9.18 Å². The van der Waals surface area contributed by atoms with Gasteiger partial charge in [0.2, 0.25) is 0 Å². The highest BCUT2D eigenvalue weighted by Gasteiger charge is 2.23. The standard InChI is InChI=1S/C17H22FN3O/c1-17(2,3)15-10-14(21(5)19-15)16(22)20(4)11-12-7-6-8-13(18)9-12/h6-10H,11H2,1-5H3. The first kappa shape index (κ1) is 16.2. The summed E-state index contributed by atoms with van der Waals surface area (Å²) in [6.45, 7) is 6.52. The number of aromatic nitrogens is 2. The van der Waals surface area contributed by atoms with Crippen molar-refractivity contribution in [2.24, 2.45) is 7.05 Å². The summed E-state index contributed by atoms with van der Waals surface area (Å²) in [6, 6.07) is 8.10. The highest BCUT2D eigenvalue weighted by atomic mass is 19.1.